The Labute approximate surface area is 220 Å². The Morgan fingerprint density at radius 1 is 0.711 bits per heavy atom. The van der Waals surface area contributed by atoms with Gasteiger partial charge in [-0.15, -0.1) is 0 Å². The SMILES string of the molecule is COC(=O)/C(=C(/Cc1cc(OC)c(OC)cc1OC)C(=O)c1ccc(OC)cc1)c1ccc2c(c1)OCO2. The Balaban J connectivity index is 1.95. The van der Waals surface area contributed by atoms with Crippen molar-refractivity contribution in [3.8, 4) is 34.5 Å². The molecule has 198 valence electrons. The number of ketones is 1. The summed E-state index contributed by atoms with van der Waals surface area (Å²) in [5.74, 6) is 1.91. The van der Waals surface area contributed by atoms with Crippen LogP contribution in [0.5, 0.6) is 34.5 Å². The first-order chi connectivity index (χ1) is 18.4. The predicted molar refractivity (Wildman–Crippen MR) is 139 cm³/mol. The molecule has 0 amide bonds. The number of rotatable bonds is 10. The first-order valence-corrected chi connectivity index (χ1v) is 11.6. The zero-order chi connectivity index (χ0) is 27.2. The Bertz CT molecular complexity index is 1370. The number of Topliss-reactive ketones (excluding diaryl/α,β-unsaturated/α-hetero) is 1. The fourth-order valence-corrected chi connectivity index (χ4v) is 4.19. The first-order valence-electron chi connectivity index (χ1n) is 11.6. The lowest BCUT2D eigenvalue weighted by Crippen LogP contribution is -2.16. The summed E-state index contributed by atoms with van der Waals surface area (Å²) in [5, 5.41) is 0. The van der Waals surface area contributed by atoms with Gasteiger partial charge < -0.3 is 33.2 Å². The summed E-state index contributed by atoms with van der Waals surface area (Å²) in [6.07, 6.45) is 0.0211. The molecular formula is C29H28O9. The van der Waals surface area contributed by atoms with Crippen molar-refractivity contribution < 1.29 is 42.7 Å². The van der Waals surface area contributed by atoms with E-state index in [1.165, 1.54) is 28.4 Å². The number of methoxy groups -OCH3 is 5. The fourth-order valence-electron chi connectivity index (χ4n) is 4.19. The molecule has 0 unspecified atom stereocenters. The highest BCUT2D eigenvalue weighted by Crippen LogP contribution is 2.39. The Morgan fingerprint density at radius 3 is 1.97 bits per heavy atom. The Morgan fingerprint density at radius 2 is 1.34 bits per heavy atom. The summed E-state index contributed by atoms with van der Waals surface area (Å²) < 4.78 is 37.8. The molecule has 4 rings (SSSR count). The van der Waals surface area contributed by atoms with Crippen LogP contribution in [-0.2, 0) is 16.0 Å². The van der Waals surface area contributed by atoms with E-state index in [1.54, 1.807) is 61.7 Å². The molecule has 1 heterocycles. The molecule has 0 spiro atoms. The van der Waals surface area contributed by atoms with Crippen LogP contribution < -0.4 is 28.4 Å². The number of benzene rings is 3. The molecule has 9 heteroatoms. The van der Waals surface area contributed by atoms with Crippen LogP contribution in [0.1, 0.15) is 21.5 Å². The maximum atomic E-state index is 14.0. The van der Waals surface area contributed by atoms with Crippen LogP contribution in [0.4, 0.5) is 0 Å². The molecule has 3 aromatic rings. The molecule has 1 aliphatic heterocycles. The maximum Gasteiger partial charge on any atom is 0.338 e. The third kappa shape index (κ3) is 5.22. The average molecular weight is 521 g/mol. The quantitative estimate of drug-likeness (QED) is 0.217. The van der Waals surface area contributed by atoms with E-state index < -0.39 is 5.97 Å². The molecule has 0 aliphatic carbocycles. The second-order valence-electron chi connectivity index (χ2n) is 8.17. The van der Waals surface area contributed by atoms with Gasteiger partial charge in [-0.25, -0.2) is 4.79 Å². The van der Waals surface area contributed by atoms with Crippen LogP contribution in [0.3, 0.4) is 0 Å². The third-order valence-electron chi connectivity index (χ3n) is 6.13. The van der Waals surface area contributed by atoms with Crippen LogP contribution in [0, 0.1) is 0 Å². The van der Waals surface area contributed by atoms with Gasteiger partial charge in [0.25, 0.3) is 0 Å². The summed E-state index contributed by atoms with van der Waals surface area (Å²) in [7, 11) is 7.35. The lowest BCUT2D eigenvalue weighted by atomic mass is 9.89. The van der Waals surface area contributed by atoms with E-state index in [4.69, 9.17) is 33.2 Å². The van der Waals surface area contributed by atoms with E-state index in [9.17, 15) is 9.59 Å². The van der Waals surface area contributed by atoms with Crippen LogP contribution >= 0.6 is 0 Å². The van der Waals surface area contributed by atoms with E-state index >= 15 is 0 Å². The molecule has 0 radical (unpaired) electrons. The molecular weight excluding hydrogens is 492 g/mol. The molecule has 0 bridgehead atoms. The van der Waals surface area contributed by atoms with E-state index in [2.05, 4.69) is 0 Å². The van der Waals surface area contributed by atoms with Gasteiger partial charge in [0.15, 0.2) is 28.8 Å². The minimum Gasteiger partial charge on any atom is -0.497 e. The van der Waals surface area contributed by atoms with Crippen molar-refractivity contribution in [1.29, 1.82) is 0 Å². The maximum absolute atomic E-state index is 14.0. The number of hydrogen-bond donors (Lipinski definition) is 0. The van der Waals surface area contributed by atoms with Crippen molar-refractivity contribution in [3.05, 3.63) is 76.9 Å². The minimum atomic E-state index is -0.680. The molecule has 38 heavy (non-hydrogen) atoms. The molecule has 3 aromatic carbocycles. The first kappa shape index (κ1) is 26.4. The van der Waals surface area contributed by atoms with Crippen molar-refractivity contribution in [2.45, 2.75) is 6.42 Å². The van der Waals surface area contributed by atoms with Crippen LogP contribution in [-0.4, -0.2) is 54.1 Å². The number of hydrogen-bond acceptors (Lipinski definition) is 9. The van der Waals surface area contributed by atoms with Gasteiger partial charge in [-0.1, -0.05) is 6.07 Å². The smallest absolute Gasteiger partial charge is 0.338 e. The molecule has 0 N–H and O–H groups in total. The number of carbonyl (C=O) groups is 2. The van der Waals surface area contributed by atoms with Gasteiger partial charge in [0.2, 0.25) is 6.79 Å². The van der Waals surface area contributed by atoms with E-state index in [1.807, 2.05) is 0 Å². The van der Waals surface area contributed by atoms with Crippen LogP contribution in [0.2, 0.25) is 0 Å². The molecule has 0 saturated heterocycles. The van der Waals surface area contributed by atoms with E-state index in [0.29, 0.717) is 51.2 Å². The number of ether oxygens (including phenoxy) is 7. The zero-order valence-corrected chi connectivity index (χ0v) is 21.8. The van der Waals surface area contributed by atoms with Gasteiger partial charge in [-0.05, 0) is 48.0 Å². The highest BCUT2D eigenvalue weighted by Gasteiger charge is 2.28. The minimum absolute atomic E-state index is 0.0211. The van der Waals surface area contributed by atoms with Gasteiger partial charge in [-0.2, -0.15) is 0 Å². The van der Waals surface area contributed by atoms with Gasteiger partial charge in [-0.3, -0.25) is 4.79 Å². The second-order valence-corrected chi connectivity index (χ2v) is 8.17. The molecule has 0 aromatic heterocycles. The summed E-state index contributed by atoms with van der Waals surface area (Å²) in [4.78, 5) is 27.3. The van der Waals surface area contributed by atoms with Crippen LogP contribution in [0.15, 0.2) is 60.2 Å². The summed E-state index contributed by atoms with van der Waals surface area (Å²) in [6, 6.07) is 15.1. The third-order valence-corrected chi connectivity index (χ3v) is 6.13. The van der Waals surface area contributed by atoms with Crippen molar-refractivity contribution in [1.82, 2.24) is 0 Å². The largest absolute Gasteiger partial charge is 0.497 e. The zero-order valence-electron chi connectivity index (χ0n) is 21.8. The molecule has 0 fully saturated rings. The van der Waals surface area contributed by atoms with Crippen molar-refractivity contribution in [3.63, 3.8) is 0 Å². The molecule has 0 atom stereocenters. The second kappa shape index (κ2) is 11.6. The van der Waals surface area contributed by atoms with Gasteiger partial charge >= 0.3 is 5.97 Å². The highest BCUT2D eigenvalue weighted by molar-refractivity contribution is 6.27. The average Bonchev–Trinajstić information content (AvgIpc) is 3.44. The van der Waals surface area contributed by atoms with Gasteiger partial charge in [0.05, 0.1) is 41.1 Å². The molecule has 0 saturated carbocycles. The van der Waals surface area contributed by atoms with Gasteiger partial charge in [0, 0.05) is 29.2 Å². The van der Waals surface area contributed by atoms with Crippen molar-refractivity contribution >= 4 is 17.3 Å². The summed E-state index contributed by atoms with van der Waals surface area (Å²) >= 11 is 0. The van der Waals surface area contributed by atoms with Crippen molar-refractivity contribution in [2.75, 3.05) is 42.3 Å². The number of esters is 1. The number of fused-ring (bicyclic) bond motifs is 1. The van der Waals surface area contributed by atoms with Crippen LogP contribution in [0.25, 0.3) is 5.57 Å². The molecule has 9 nitrogen and oxygen atoms in total. The molecule has 1 aliphatic rings. The lowest BCUT2D eigenvalue weighted by molar-refractivity contribution is -0.133. The normalized spacial score (nSPS) is 12.3. The highest BCUT2D eigenvalue weighted by atomic mass is 16.7. The summed E-state index contributed by atoms with van der Waals surface area (Å²) in [5.41, 5.74) is 1.68. The van der Waals surface area contributed by atoms with E-state index in [-0.39, 0.29) is 30.1 Å². The Hall–Kier alpha value is -4.66. The lowest BCUT2D eigenvalue weighted by Gasteiger charge is -2.18. The number of carbonyl (C=O) groups excluding carboxylic acids is 2. The van der Waals surface area contributed by atoms with Crippen molar-refractivity contribution in [2.24, 2.45) is 0 Å². The monoisotopic (exact) mass is 520 g/mol. The standard InChI is InChI=1S/C29H28O9/c1-32-20-9-6-17(7-10-20)28(30)21(12-19-14-24(34-3)25(35-4)15-23(19)33-2)27(29(31)36-5)18-8-11-22-26(13-18)38-16-37-22/h6-11,13-15H,12,16H2,1-5H3/b27-21-. The topological polar surface area (TPSA) is 98.8 Å². The predicted octanol–water partition coefficient (Wildman–Crippen LogP) is 4.50. The summed E-state index contributed by atoms with van der Waals surface area (Å²) in [6.45, 7) is 0.0660. The Kier molecular flexibility index (Phi) is 8.06. The fraction of sp³-hybridized carbons (Fsp3) is 0.241. The number of allylic oxidation sites excluding steroid dienone is 1. The van der Waals surface area contributed by atoms with Gasteiger partial charge in [0.1, 0.15) is 11.5 Å². The van der Waals surface area contributed by atoms with E-state index in [0.717, 1.165) is 0 Å².